The van der Waals surface area contributed by atoms with E-state index in [-0.39, 0.29) is 5.91 Å². The smallest absolute Gasteiger partial charge is 0.251 e. The van der Waals surface area contributed by atoms with Crippen LogP contribution in [0.1, 0.15) is 36.0 Å². The molecule has 5 heteroatoms. The number of rotatable bonds is 2. The van der Waals surface area contributed by atoms with E-state index in [1.807, 2.05) is 23.7 Å². The van der Waals surface area contributed by atoms with Gasteiger partial charge in [-0.2, -0.15) is 0 Å². The van der Waals surface area contributed by atoms with Gasteiger partial charge in [-0.1, -0.05) is 6.42 Å². The van der Waals surface area contributed by atoms with Gasteiger partial charge in [-0.15, -0.1) is 11.3 Å². The molecule has 2 aromatic rings. The summed E-state index contributed by atoms with van der Waals surface area (Å²) in [5.41, 5.74) is 3.54. The fourth-order valence-corrected chi connectivity index (χ4v) is 4.38. The van der Waals surface area contributed by atoms with Gasteiger partial charge in [-0.25, -0.2) is 4.98 Å². The summed E-state index contributed by atoms with van der Waals surface area (Å²) in [6.07, 6.45) is 4.90. The van der Waals surface area contributed by atoms with Crippen molar-refractivity contribution < 1.29 is 4.79 Å². The van der Waals surface area contributed by atoms with Gasteiger partial charge in [0.25, 0.3) is 5.91 Å². The van der Waals surface area contributed by atoms with E-state index in [9.17, 15) is 4.79 Å². The molecule has 0 bridgehead atoms. The third-order valence-corrected chi connectivity index (χ3v) is 5.56. The predicted octanol–water partition coefficient (Wildman–Crippen LogP) is 2.65. The summed E-state index contributed by atoms with van der Waals surface area (Å²) < 4.78 is 1.08. The maximum Gasteiger partial charge on any atom is 0.251 e. The zero-order chi connectivity index (χ0) is 14.2. The van der Waals surface area contributed by atoms with Gasteiger partial charge in [0, 0.05) is 24.2 Å². The molecule has 1 amide bonds. The van der Waals surface area contributed by atoms with Crippen molar-refractivity contribution in [3.63, 3.8) is 0 Å². The van der Waals surface area contributed by atoms with Crippen LogP contribution in [0.3, 0.4) is 0 Å². The zero-order valence-electron chi connectivity index (χ0n) is 11.9. The molecule has 4 nitrogen and oxygen atoms in total. The lowest BCUT2D eigenvalue weighted by atomic mass is 9.99. The number of hydrogen-bond donors (Lipinski definition) is 1. The van der Waals surface area contributed by atoms with Crippen molar-refractivity contribution in [2.75, 3.05) is 13.1 Å². The minimum absolute atomic E-state index is 0.0581. The molecule has 0 spiro atoms. The number of aromatic nitrogens is 1. The third kappa shape index (κ3) is 2.45. The first-order valence-corrected chi connectivity index (χ1v) is 8.57. The number of carbonyl (C=O) groups excluding carboxylic acids is 1. The van der Waals surface area contributed by atoms with Crippen molar-refractivity contribution >= 4 is 27.5 Å². The van der Waals surface area contributed by atoms with Gasteiger partial charge in [0.15, 0.2) is 0 Å². The van der Waals surface area contributed by atoms with Crippen LogP contribution < -0.4 is 5.32 Å². The number of carbonyl (C=O) groups is 1. The van der Waals surface area contributed by atoms with E-state index in [4.69, 9.17) is 0 Å². The fourth-order valence-electron chi connectivity index (χ4n) is 3.66. The minimum atomic E-state index is 0.0581. The van der Waals surface area contributed by atoms with Crippen molar-refractivity contribution in [3.8, 4) is 0 Å². The average molecular weight is 301 g/mol. The first-order chi connectivity index (χ1) is 10.3. The Morgan fingerprint density at radius 3 is 3.19 bits per heavy atom. The molecule has 2 atom stereocenters. The van der Waals surface area contributed by atoms with E-state index >= 15 is 0 Å². The van der Waals surface area contributed by atoms with Crippen molar-refractivity contribution in [2.24, 2.45) is 0 Å². The van der Waals surface area contributed by atoms with Crippen LogP contribution in [0.5, 0.6) is 0 Å². The molecule has 2 aliphatic rings. The van der Waals surface area contributed by atoms with Gasteiger partial charge in [0.2, 0.25) is 0 Å². The average Bonchev–Trinajstić information content (AvgIpc) is 3.13. The Labute approximate surface area is 128 Å². The van der Waals surface area contributed by atoms with Crippen molar-refractivity contribution in [1.29, 1.82) is 0 Å². The van der Waals surface area contributed by atoms with Gasteiger partial charge >= 0.3 is 0 Å². The molecule has 2 aliphatic heterocycles. The lowest BCUT2D eigenvalue weighted by molar-refractivity contribution is 0.0915. The van der Waals surface area contributed by atoms with E-state index in [0.717, 1.165) is 28.7 Å². The van der Waals surface area contributed by atoms with Gasteiger partial charge in [0.1, 0.15) is 0 Å². The lowest BCUT2D eigenvalue weighted by Gasteiger charge is -2.32. The molecule has 1 N–H and O–H groups in total. The Morgan fingerprint density at radius 2 is 2.24 bits per heavy atom. The van der Waals surface area contributed by atoms with Crippen LogP contribution in [-0.2, 0) is 0 Å². The van der Waals surface area contributed by atoms with Crippen LogP contribution in [-0.4, -0.2) is 41.0 Å². The second-order valence-corrected chi connectivity index (χ2v) is 6.89. The quantitative estimate of drug-likeness (QED) is 0.927. The third-order valence-electron chi connectivity index (χ3n) is 4.77. The molecule has 1 aromatic carbocycles. The number of nitrogens with zero attached hydrogens (tertiary/aromatic N) is 2. The fraction of sp³-hybridized carbons (Fsp3) is 0.500. The van der Waals surface area contributed by atoms with Crippen molar-refractivity contribution in [1.82, 2.24) is 15.2 Å². The molecule has 4 rings (SSSR count). The second kappa shape index (κ2) is 5.39. The number of hydrogen-bond acceptors (Lipinski definition) is 4. The Bertz CT molecular complexity index is 668. The highest BCUT2D eigenvalue weighted by Gasteiger charge is 2.36. The monoisotopic (exact) mass is 301 g/mol. The summed E-state index contributed by atoms with van der Waals surface area (Å²) >= 11 is 1.58. The molecular weight excluding hydrogens is 282 g/mol. The SMILES string of the molecule is O=C(N[C@H]1CCN2CCCC[C@@H]12)c1ccc2ncsc2c1. The molecule has 3 heterocycles. The summed E-state index contributed by atoms with van der Waals surface area (Å²) in [6.45, 7) is 2.33. The summed E-state index contributed by atoms with van der Waals surface area (Å²) in [5.74, 6) is 0.0581. The Balaban J connectivity index is 1.50. The van der Waals surface area contributed by atoms with Gasteiger partial charge < -0.3 is 5.32 Å². The van der Waals surface area contributed by atoms with Crippen LogP contribution in [0.25, 0.3) is 10.2 Å². The zero-order valence-corrected chi connectivity index (χ0v) is 12.7. The highest BCUT2D eigenvalue weighted by molar-refractivity contribution is 7.16. The summed E-state index contributed by atoms with van der Waals surface area (Å²) in [6, 6.07) is 6.63. The number of piperidine rings is 1. The first kappa shape index (κ1) is 13.2. The molecule has 0 aliphatic carbocycles. The van der Waals surface area contributed by atoms with Crippen molar-refractivity contribution in [3.05, 3.63) is 29.3 Å². The molecule has 2 saturated heterocycles. The van der Waals surface area contributed by atoms with Crippen molar-refractivity contribution in [2.45, 2.75) is 37.8 Å². The molecular formula is C16H19N3OS. The topological polar surface area (TPSA) is 45.2 Å². The van der Waals surface area contributed by atoms with Crippen LogP contribution in [0.4, 0.5) is 0 Å². The molecule has 21 heavy (non-hydrogen) atoms. The molecule has 0 radical (unpaired) electrons. The molecule has 110 valence electrons. The lowest BCUT2D eigenvalue weighted by Crippen LogP contribution is -2.46. The number of benzene rings is 1. The molecule has 1 aromatic heterocycles. The maximum atomic E-state index is 12.5. The highest BCUT2D eigenvalue weighted by atomic mass is 32.1. The minimum Gasteiger partial charge on any atom is -0.348 e. The van der Waals surface area contributed by atoms with E-state index < -0.39 is 0 Å². The molecule has 2 fully saturated rings. The summed E-state index contributed by atoms with van der Waals surface area (Å²) in [5, 5.41) is 3.25. The number of fused-ring (bicyclic) bond motifs is 2. The number of nitrogens with one attached hydrogen (secondary N) is 1. The van der Waals surface area contributed by atoms with E-state index in [1.54, 1.807) is 11.3 Å². The first-order valence-electron chi connectivity index (χ1n) is 7.69. The van der Waals surface area contributed by atoms with Crippen LogP contribution in [0.2, 0.25) is 0 Å². The Hall–Kier alpha value is -1.46. The Morgan fingerprint density at radius 1 is 1.29 bits per heavy atom. The maximum absolute atomic E-state index is 12.5. The number of thiazole rings is 1. The van der Waals surface area contributed by atoms with Crippen LogP contribution in [0.15, 0.2) is 23.7 Å². The normalized spacial score (nSPS) is 25.9. The summed E-state index contributed by atoms with van der Waals surface area (Å²) in [7, 11) is 0. The van der Waals surface area contributed by atoms with E-state index in [2.05, 4.69) is 15.2 Å². The standard InChI is InChI=1S/C16H19N3OS/c20-16(11-4-5-13-15(9-11)21-10-17-13)18-12-6-8-19-7-2-1-3-14(12)19/h4-5,9-10,12,14H,1-3,6-8H2,(H,18,20)/t12-,14-/m0/s1. The predicted molar refractivity (Wildman–Crippen MR) is 84.7 cm³/mol. The number of amides is 1. The second-order valence-electron chi connectivity index (χ2n) is 6.00. The molecule has 0 saturated carbocycles. The molecule has 0 unspecified atom stereocenters. The van der Waals surface area contributed by atoms with Crippen LogP contribution in [0, 0.1) is 0 Å². The summed E-state index contributed by atoms with van der Waals surface area (Å²) in [4.78, 5) is 19.3. The van der Waals surface area contributed by atoms with Crippen LogP contribution >= 0.6 is 11.3 Å². The largest absolute Gasteiger partial charge is 0.348 e. The Kier molecular flexibility index (Phi) is 3.39. The highest BCUT2D eigenvalue weighted by Crippen LogP contribution is 2.27. The van der Waals surface area contributed by atoms with E-state index in [0.29, 0.717) is 12.1 Å². The van der Waals surface area contributed by atoms with Gasteiger partial charge in [-0.3, -0.25) is 9.69 Å². The van der Waals surface area contributed by atoms with Gasteiger partial charge in [0.05, 0.1) is 15.7 Å². The van der Waals surface area contributed by atoms with E-state index in [1.165, 1.54) is 25.8 Å². The van der Waals surface area contributed by atoms with Gasteiger partial charge in [-0.05, 0) is 44.0 Å².